The summed E-state index contributed by atoms with van der Waals surface area (Å²) in [6.07, 6.45) is 20.9. The standard InChI is InChI=1S/C23H46ClO2P/c1-6-23(25)26-22(2)20-18-16-14-12-10-8-7-9-11-13-15-17-19-21-27(3,4,5)24/h6,22H,1,7-21H2,2-5H3. The van der Waals surface area contributed by atoms with Gasteiger partial charge >= 0.3 is 120 Å². The first-order valence-electron chi connectivity index (χ1n) is 11.2. The first-order chi connectivity index (χ1) is 12.6. The van der Waals surface area contributed by atoms with Crippen molar-refractivity contribution >= 4 is 23.2 Å². The average molecular weight is 421 g/mol. The van der Waals surface area contributed by atoms with Gasteiger partial charge in [0.2, 0.25) is 0 Å². The molecule has 1 atom stereocenters. The van der Waals surface area contributed by atoms with E-state index in [1.807, 2.05) is 6.92 Å². The van der Waals surface area contributed by atoms with Crippen molar-refractivity contribution in [3.05, 3.63) is 12.7 Å². The fraction of sp³-hybridized carbons (Fsp3) is 0.870. The van der Waals surface area contributed by atoms with Crippen molar-refractivity contribution in [3.8, 4) is 0 Å². The van der Waals surface area contributed by atoms with Crippen molar-refractivity contribution in [2.45, 2.75) is 103 Å². The maximum atomic E-state index is 11.1. The van der Waals surface area contributed by atoms with Crippen molar-refractivity contribution in [1.82, 2.24) is 0 Å². The number of halogens is 1. The summed E-state index contributed by atoms with van der Waals surface area (Å²) in [6.45, 7) is 12.2. The van der Waals surface area contributed by atoms with Gasteiger partial charge in [-0.1, -0.05) is 13.0 Å². The molecule has 0 heterocycles. The van der Waals surface area contributed by atoms with E-state index >= 15 is 0 Å². The minimum absolute atomic E-state index is 0.0157. The minimum atomic E-state index is -1.78. The Balaban J connectivity index is 3.23. The third-order valence-electron chi connectivity index (χ3n) is 5.01. The predicted octanol–water partition coefficient (Wildman–Crippen LogP) is 8.16. The molecule has 0 amide bonds. The van der Waals surface area contributed by atoms with E-state index < -0.39 is 5.96 Å². The molecule has 1 unspecified atom stereocenters. The van der Waals surface area contributed by atoms with Crippen LogP contribution < -0.4 is 0 Å². The summed E-state index contributed by atoms with van der Waals surface area (Å²) in [5.74, 6) is -2.09. The first kappa shape index (κ1) is 26.9. The number of rotatable bonds is 18. The van der Waals surface area contributed by atoms with Crippen LogP contribution in [-0.2, 0) is 9.53 Å². The van der Waals surface area contributed by atoms with E-state index in [1.54, 1.807) is 0 Å². The molecule has 27 heavy (non-hydrogen) atoms. The van der Waals surface area contributed by atoms with E-state index in [9.17, 15) is 4.79 Å². The number of ether oxygens (including phenoxy) is 1. The summed E-state index contributed by atoms with van der Waals surface area (Å²) in [5, 5.41) is 0. The Kier molecular flexibility index (Phi) is 14.8. The van der Waals surface area contributed by atoms with Crippen LogP contribution in [0.4, 0.5) is 0 Å². The fourth-order valence-corrected chi connectivity index (χ4v) is 4.98. The van der Waals surface area contributed by atoms with Gasteiger partial charge in [0.05, 0.1) is 6.10 Å². The Morgan fingerprint density at radius 2 is 1.22 bits per heavy atom. The Morgan fingerprint density at radius 1 is 0.852 bits per heavy atom. The van der Waals surface area contributed by atoms with E-state index in [1.165, 1.54) is 89.3 Å². The van der Waals surface area contributed by atoms with Gasteiger partial charge in [-0.05, 0) is 19.8 Å². The van der Waals surface area contributed by atoms with Crippen LogP contribution in [0, 0.1) is 0 Å². The van der Waals surface area contributed by atoms with Gasteiger partial charge < -0.3 is 4.74 Å². The van der Waals surface area contributed by atoms with E-state index in [2.05, 4.69) is 26.6 Å². The molecule has 0 rings (SSSR count). The normalized spacial score (nSPS) is 14.3. The van der Waals surface area contributed by atoms with Crippen LogP contribution in [0.25, 0.3) is 0 Å². The second-order valence-corrected chi connectivity index (χ2v) is 19.5. The zero-order chi connectivity index (χ0) is 20.6. The Labute approximate surface area is 174 Å². The third-order valence-corrected chi connectivity index (χ3v) is 7.34. The molecule has 0 saturated heterocycles. The molecule has 4 heteroatoms. The number of hydrogen-bond acceptors (Lipinski definition) is 2. The molecule has 0 aliphatic carbocycles. The van der Waals surface area contributed by atoms with Crippen molar-refractivity contribution < 1.29 is 9.53 Å². The number of unbranched alkanes of at least 4 members (excludes halogenated alkanes) is 12. The second-order valence-electron chi connectivity index (χ2n) is 9.48. The second kappa shape index (κ2) is 14.9. The topological polar surface area (TPSA) is 26.3 Å². The predicted molar refractivity (Wildman–Crippen MR) is 126 cm³/mol. The van der Waals surface area contributed by atoms with Crippen LogP contribution in [-0.4, -0.2) is 38.2 Å². The van der Waals surface area contributed by atoms with Crippen LogP contribution in [0.3, 0.4) is 0 Å². The Bertz CT molecular complexity index is 392. The van der Waals surface area contributed by atoms with Gasteiger partial charge in [0, 0.05) is 6.08 Å². The van der Waals surface area contributed by atoms with E-state index in [0.29, 0.717) is 0 Å². The molecule has 0 aliphatic rings. The van der Waals surface area contributed by atoms with Gasteiger partial charge in [0.1, 0.15) is 0 Å². The summed E-state index contributed by atoms with van der Waals surface area (Å²) in [6, 6.07) is 0. The van der Waals surface area contributed by atoms with Crippen molar-refractivity contribution in [3.63, 3.8) is 0 Å². The number of esters is 1. The van der Waals surface area contributed by atoms with Gasteiger partial charge in [-0.3, -0.25) is 0 Å². The van der Waals surface area contributed by atoms with Crippen LogP contribution in [0.5, 0.6) is 0 Å². The van der Waals surface area contributed by atoms with Crippen molar-refractivity contribution in [2.24, 2.45) is 0 Å². The quantitative estimate of drug-likeness (QED) is 0.0966. The maximum absolute atomic E-state index is 11.1. The summed E-state index contributed by atoms with van der Waals surface area (Å²) >= 11 is 6.59. The molecule has 162 valence electrons. The van der Waals surface area contributed by atoms with Crippen LogP contribution in [0.2, 0.25) is 0 Å². The number of carbonyl (C=O) groups excluding carboxylic acids is 1. The molecule has 0 fully saturated rings. The average Bonchev–Trinajstić information content (AvgIpc) is 2.56. The van der Waals surface area contributed by atoms with Gasteiger partial charge in [-0.15, -0.1) is 0 Å². The molecular weight excluding hydrogens is 375 g/mol. The molecule has 0 spiro atoms. The van der Waals surface area contributed by atoms with Crippen LogP contribution in [0.1, 0.15) is 96.8 Å². The summed E-state index contributed by atoms with van der Waals surface area (Å²) in [7, 11) is 0. The third kappa shape index (κ3) is 22.1. The Morgan fingerprint density at radius 3 is 1.59 bits per heavy atom. The van der Waals surface area contributed by atoms with Gasteiger partial charge in [0.25, 0.3) is 0 Å². The molecule has 0 radical (unpaired) electrons. The molecule has 0 bridgehead atoms. The van der Waals surface area contributed by atoms with Crippen LogP contribution >= 0.6 is 17.2 Å². The fourth-order valence-electron chi connectivity index (χ4n) is 3.33. The van der Waals surface area contributed by atoms with Crippen LogP contribution in [0.15, 0.2) is 12.7 Å². The van der Waals surface area contributed by atoms with E-state index in [-0.39, 0.29) is 12.1 Å². The van der Waals surface area contributed by atoms with Gasteiger partial charge in [-0.2, -0.15) is 0 Å². The monoisotopic (exact) mass is 420 g/mol. The van der Waals surface area contributed by atoms with Crippen molar-refractivity contribution in [1.29, 1.82) is 0 Å². The number of hydrogen-bond donors (Lipinski definition) is 0. The molecule has 2 nitrogen and oxygen atoms in total. The van der Waals surface area contributed by atoms with E-state index in [4.69, 9.17) is 16.0 Å². The van der Waals surface area contributed by atoms with Crippen molar-refractivity contribution in [2.75, 3.05) is 26.2 Å². The SMILES string of the molecule is C=CC(=O)OC(C)CCCCCCCCCCCCCCCP(C)(C)(C)Cl. The Hall–Kier alpha value is -0.0700. The molecule has 0 aromatic heterocycles. The van der Waals surface area contributed by atoms with Gasteiger partial charge in [0.15, 0.2) is 0 Å². The molecular formula is C23H46ClO2P. The number of carbonyl (C=O) groups is 1. The molecule has 0 aromatic rings. The van der Waals surface area contributed by atoms with Gasteiger partial charge in [-0.25, -0.2) is 4.79 Å². The molecule has 0 aliphatic heterocycles. The summed E-state index contributed by atoms with van der Waals surface area (Å²) < 4.78 is 5.17. The molecule has 0 saturated carbocycles. The van der Waals surface area contributed by atoms with E-state index in [0.717, 1.165) is 12.8 Å². The molecule has 0 N–H and O–H groups in total. The zero-order valence-electron chi connectivity index (χ0n) is 18.6. The zero-order valence-corrected chi connectivity index (χ0v) is 20.3. The summed E-state index contributed by atoms with van der Waals surface area (Å²) in [5.41, 5.74) is 0. The first-order valence-corrected chi connectivity index (χ1v) is 15.8. The summed E-state index contributed by atoms with van der Waals surface area (Å²) in [4.78, 5) is 11.1. The molecule has 0 aromatic carbocycles.